The minimum Gasteiger partial charge on any atom is -0.462 e. The molecule has 4 rings (SSSR count). The quantitative estimate of drug-likeness (QED) is 0.552. The van der Waals surface area contributed by atoms with Crippen LogP contribution in [0.15, 0.2) is 59.1 Å². The van der Waals surface area contributed by atoms with Crippen LogP contribution in [0.25, 0.3) is 0 Å². The lowest BCUT2D eigenvalue weighted by Gasteiger charge is -2.38. The Morgan fingerprint density at radius 3 is 2.80 bits per heavy atom. The van der Waals surface area contributed by atoms with E-state index in [1.807, 2.05) is 19.1 Å². The Morgan fingerprint density at radius 2 is 2.04 bits per heavy atom. The molecule has 0 bridgehead atoms. The SMILES string of the molecule is CCOC(=O)c1cccc2c1N[C@H](c1ccc(Br)cc1)[C@H]1CC=C[C@@H]21. The standard InChI is InChI=1S/C21H20BrNO2/c1-2-25-21(24)18-8-4-7-17-15-5-3-6-16(15)19(23-20(17)18)13-9-11-14(22)12-10-13/h3-5,7-12,15-16,19,23H,2,6H2,1H3/t15-,16+,19-/m1/s1. The average Bonchev–Trinajstić information content (AvgIpc) is 3.11. The molecule has 2 aromatic rings. The predicted octanol–water partition coefficient (Wildman–Crippen LogP) is 5.45. The van der Waals surface area contributed by atoms with Crippen molar-refractivity contribution >= 4 is 27.6 Å². The second-order valence-corrected chi connectivity index (χ2v) is 7.43. The summed E-state index contributed by atoms with van der Waals surface area (Å²) >= 11 is 3.51. The van der Waals surface area contributed by atoms with Crippen LogP contribution in [0.5, 0.6) is 0 Å². The summed E-state index contributed by atoms with van der Waals surface area (Å²) in [4.78, 5) is 12.4. The lowest BCUT2D eigenvalue weighted by molar-refractivity contribution is 0.0527. The molecule has 0 unspecified atom stereocenters. The second kappa shape index (κ2) is 6.68. The molecule has 2 aromatic carbocycles. The molecule has 3 atom stereocenters. The Labute approximate surface area is 156 Å². The summed E-state index contributed by atoms with van der Waals surface area (Å²) in [5.74, 6) is 0.534. The number of rotatable bonds is 3. The van der Waals surface area contributed by atoms with Crippen molar-refractivity contribution in [2.45, 2.75) is 25.3 Å². The van der Waals surface area contributed by atoms with E-state index in [2.05, 4.69) is 63.7 Å². The van der Waals surface area contributed by atoms with Crippen LogP contribution in [0.1, 0.15) is 46.8 Å². The zero-order chi connectivity index (χ0) is 17.4. The van der Waals surface area contributed by atoms with E-state index in [1.54, 1.807) is 0 Å². The second-order valence-electron chi connectivity index (χ2n) is 6.52. The topological polar surface area (TPSA) is 38.3 Å². The van der Waals surface area contributed by atoms with Gasteiger partial charge >= 0.3 is 5.97 Å². The molecule has 0 radical (unpaired) electrons. The van der Waals surface area contributed by atoms with Crippen molar-refractivity contribution in [2.24, 2.45) is 5.92 Å². The predicted molar refractivity (Wildman–Crippen MR) is 103 cm³/mol. The van der Waals surface area contributed by atoms with Gasteiger partial charge in [0.25, 0.3) is 0 Å². The first-order valence-corrected chi connectivity index (χ1v) is 9.47. The number of anilines is 1. The monoisotopic (exact) mass is 397 g/mol. The lowest BCUT2D eigenvalue weighted by atomic mass is 9.76. The summed E-state index contributed by atoms with van der Waals surface area (Å²) in [6, 6.07) is 14.5. The van der Waals surface area contributed by atoms with Crippen molar-refractivity contribution in [3.63, 3.8) is 0 Å². The molecule has 0 fully saturated rings. The van der Waals surface area contributed by atoms with Crippen LogP contribution >= 0.6 is 15.9 Å². The van der Waals surface area contributed by atoms with Gasteiger partial charge in [0.15, 0.2) is 0 Å². The minimum atomic E-state index is -0.262. The van der Waals surface area contributed by atoms with Gasteiger partial charge in [-0.15, -0.1) is 0 Å². The summed E-state index contributed by atoms with van der Waals surface area (Å²) in [6.07, 6.45) is 5.58. The molecule has 0 saturated heterocycles. The zero-order valence-electron chi connectivity index (χ0n) is 14.0. The third kappa shape index (κ3) is 2.89. The van der Waals surface area contributed by atoms with E-state index in [0.29, 0.717) is 24.0 Å². The number of fused-ring (bicyclic) bond motifs is 3. The first-order chi connectivity index (χ1) is 12.2. The number of carbonyl (C=O) groups is 1. The maximum atomic E-state index is 12.4. The van der Waals surface area contributed by atoms with E-state index in [-0.39, 0.29) is 12.0 Å². The molecule has 0 saturated carbocycles. The number of benzene rings is 2. The number of halogens is 1. The molecule has 4 heteroatoms. The third-order valence-electron chi connectivity index (χ3n) is 5.12. The van der Waals surface area contributed by atoms with Crippen LogP contribution < -0.4 is 5.32 Å². The molecular formula is C21H20BrNO2. The Morgan fingerprint density at radius 1 is 1.24 bits per heavy atom. The summed E-state index contributed by atoms with van der Waals surface area (Å²) in [6.45, 7) is 2.21. The smallest absolute Gasteiger partial charge is 0.340 e. The number of hydrogen-bond donors (Lipinski definition) is 1. The van der Waals surface area contributed by atoms with Gasteiger partial charge in [0.1, 0.15) is 0 Å². The molecule has 2 aliphatic rings. The molecule has 1 heterocycles. The highest BCUT2D eigenvalue weighted by atomic mass is 79.9. The van der Waals surface area contributed by atoms with Crippen molar-refractivity contribution in [3.8, 4) is 0 Å². The maximum absolute atomic E-state index is 12.4. The summed E-state index contributed by atoms with van der Waals surface area (Å²) < 4.78 is 6.33. The van der Waals surface area contributed by atoms with Gasteiger partial charge in [0, 0.05) is 10.4 Å². The fourth-order valence-corrected chi connectivity index (χ4v) is 4.26. The lowest BCUT2D eigenvalue weighted by Crippen LogP contribution is -2.30. The Kier molecular flexibility index (Phi) is 4.38. The van der Waals surface area contributed by atoms with Crippen molar-refractivity contribution in [3.05, 3.63) is 75.8 Å². The van der Waals surface area contributed by atoms with Crippen LogP contribution in [-0.4, -0.2) is 12.6 Å². The van der Waals surface area contributed by atoms with Crippen molar-refractivity contribution in [2.75, 3.05) is 11.9 Å². The molecule has 3 nitrogen and oxygen atoms in total. The van der Waals surface area contributed by atoms with Gasteiger partial charge in [-0.05, 0) is 48.6 Å². The van der Waals surface area contributed by atoms with E-state index < -0.39 is 0 Å². The molecule has 1 N–H and O–H groups in total. The highest BCUT2D eigenvalue weighted by Gasteiger charge is 2.39. The van der Waals surface area contributed by atoms with Crippen LogP contribution in [0, 0.1) is 5.92 Å². The molecule has 25 heavy (non-hydrogen) atoms. The number of para-hydroxylation sites is 1. The van der Waals surface area contributed by atoms with Gasteiger partial charge in [-0.25, -0.2) is 4.79 Å². The van der Waals surface area contributed by atoms with Gasteiger partial charge in [-0.2, -0.15) is 0 Å². The molecule has 1 aliphatic heterocycles. The molecule has 128 valence electrons. The number of ether oxygens (including phenoxy) is 1. The molecule has 1 aliphatic carbocycles. The van der Waals surface area contributed by atoms with E-state index in [0.717, 1.165) is 16.6 Å². The van der Waals surface area contributed by atoms with Gasteiger partial charge in [-0.3, -0.25) is 0 Å². The molecular weight excluding hydrogens is 378 g/mol. The number of esters is 1. The highest BCUT2D eigenvalue weighted by molar-refractivity contribution is 9.10. The van der Waals surface area contributed by atoms with Crippen LogP contribution in [-0.2, 0) is 4.74 Å². The molecule has 0 amide bonds. The van der Waals surface area contributed by atoms with Gasteiger partial charge in [-0.1, -0.05) is 52.3 Å². The number of hydrogen-bond acceptors (Lipinski definition) is 3. The van der Waals surface area contributed by atoms with E-state index in [9.17, 15) is 4.79 Å². The highest BCUT2D eigenvalue weighted by Crippen LogP contribution is 2.50. The summed E-state index contributed by atoms with van der Waals surface area (Å²) in [5, 5.41) is 3.66. The first kappa shape index (κ1) is 16.4. The summed E-state index contributed by atoms with van der Waals surface area (Å²) in [7, 11) is 0. The maximum Gasteiger partial charge on any atom is 0.340 e. The largest absolute Gasteiger partial charge is 0.462 e. The Hall–Kier alpha value is -2.07. The van der Waals surface area contributed by atoms with Gasteiger partial charge < -0.3 is 10.1 Å². The van der Waals surface area contributed by atoms with E-state index in [4.69, 9.17) is 4.74 Å². The molecule has 0 aromatic heterocycles. The van der Waals surface area contributed by atoms with E-state index in [1.165, 1.54) is 11.1 Å². The van der Waals surface area contributed by atoms with Gasteiger partial charge in [0.2, 0.25) is 0 Å². The van der Waals surface area contributed by atoms with Crippen LogP contribution in [0.4, 0.5) is 5.69 Å². The third-order valence-corrected chi connectivity index (χ3v) is 5.65. The van der Waals surface area contributed by atoms with Crippen molar-refractivity contribution < 1.29 is 9.53 Å². The fourth-order valence-electron chi connectivity index (χ4n) is 4.00. The molecule has 0 spiro atoms. The first-order valence-electron chi connectivity index (χ1n) is 8.67. The minimum absolute atomic E-state index is 0.177. The average molecular weight is 398 g/mol. The zero-order valence-corrected chi connectivity index (χ0v) is 15.6. The van der Waals surface area contributed by atoms with Crippen molar-refractivity contribution in [1.82, 2.24) is 0 Å². The van der Waals surface area contributed by atoms with Crippen molar-refractivity contribution in [1.29, 1.82) is 0 Å². The van der Waals surface area contributed by atoms with Crippen LogP contribution in [0.3, 0.4) is 0 Å². The number of allylic oxidation sites excluding steroid dienone is 2. The van der Waals surface area contributed by atoms with E-state index >= 15 is 0 Å². The number of carbonyl (C=O) groups excluding carboxylic acids is 1. The van der Waals surface area contributed by atoms with Crippen LogP contribution in [0.2, 0.25) is 0 Å². The Balaban J connectivity index is 1.79. The fraction of sp³-hybridized carbons (Fsp3) is 0.286. The normalized spacial score (nSPS) is 23.5. The summed E-state index contributed by atoms with van der Waals surface area (Å²) in [5.41, 5.74) is 3.98. The Bertz CT molecular complexity index is 828. The number of nitrogens with one attached hydrogen (secondary N) is 1. The van der Waals surface area contributed by atoms with Gasteiger partial charge in [0.05, 0.1) is 23.9 Å².